The summed E-state index contributed by atoms with van der Waals surface area (Å²) in [4.78, 5) is 36.8. The number of carbonyl (C=O) groups excluding carboxylic acids is 2. The maximum Gasteiger partial charge on any atom is 0.328 e. The minimum Gasteiger partial charge on any atom is -0.372 e. The maximum atomic E-state index is 12.5. The summed E-state index contributed by atoms with van der Waals surface area (Å²) in [6.07, 6.45) is 11.3. The zero-order valence-electron chi connectivity index (χ0n) is 31.6. The molecule has 4 fully saturated rings. The van der Waals surface area contributed by atoms with E-state index in [9.17, 15) is 14.9 Å². The van der Waals surface area contributed by atoms with Gasteiger partial charge in [-0.3, -0.25) is 15.0 Å². The van der Waals surface area contributed by atoms with Gasteiger partial charge in [-0.1, -0.05) is 23.7 Å². The minimum absolute atomic E-state index is 0.208. The Balaban J connectivity index is 0.742. The number of amides is 3. The van der Waals surface area contributed by atoms with Crippen LogP contribution >= 0.6 is 11.6 Å². The average molecular weight is 757 g/mol. The Morgan fingerprint density at radius 1 is 0.836 bits per heavy atom. The van der Waals surface area contributed by atoms with Gasteiger partial charge in [0.25, 0.3) is 0 Å². The van der Waals surface area contributed by atoms with E-state index in [1.54, 1.807) is 11.1 Å². The predicted molar refractivity (Wildman–Crippen MR) is 220 cm³/mol. The first-order valence-electron chi connectivity index (χ1n) is 20.1. The molecule has 9 rings (SSSR count). The number of aryl methyl sites for hydroxylation is 1. The van der Waals surface area contributed by atoms with Crippen LogP contribution in [0, 0.1) is 24.2 Å². The summed E-state index contributed by atoms with van der Waals surface area (Å²) < 4.78 is 2.47. The van der Waals surface area contributed by atoms with Crippen LogP contribution in [0.15, 0.2) is 67.0 Å². The van der Waals surface area contributed by atoms with E-state index in [1.807, 2.05) is 6.07 Å². The lowest BCUT2D eigenvalue weighted by molar-refractivity contribution is -0.120. The molecule has 0 saturated carbocycles. The molecule has 5 aromatic rings. The third-order valence-electron chi connectivity index (χ3n) is 12.9. The van der Waals surface area contributed by atoms with Crippen molar-refractivity contribution >= 4 is 62.4 Å². The molecule has 0 spiro atoms. The Labute approximate surface area is 327 Å². The summed E-state index contributed by atoms with van der Waals surface area (Å²) in [6, 6.07) is 22.2. The van der Waals surface area contributed by atoms with Gasteiger partial charge in [-0.15, -0.1) is 0 Å². The third kappa shape index (κ3) is 6.93. The Morgan fingerprint density at radius 2 is 1.58 bits per heavy atom. The van der Waals surface area contributed by atoms with Gasteiger partial charge in [-0.05, 0) is 111 Å². The van der Waals surface area contributed by atoms with E-state index >= 15 is 0 Å². The van der Waals surface area contributed by atoms with Gasteiger partial charge in [0, 0.05) is 99.4 Å². The van der Waals surface area contributed by atoms with Crippen LogP contribution in [0.4, 0.5) is 21.9 Å². The van der Waals surface area contributed by atoms with Crippen molar-refractivity contribution in [1.29, 1.82) is 5.26 Å². The predicted octanol–water partition coefficient (Wildman–Crippen LogP) is 8.34. The number of nitrogens with one attached hydrogen (secondary N) is 2. The van der Waals surface area contributed by atoms with Crippen LogP contribution in [0.25, 0.3) is 21.8 Å². The van der Waals surface area contributed by atoms with Gasteiger partial charge in [0.2, 0.25) is 5.91 Å². The molecule has 55 heavy (non-hydrogen) atoms. The van der Waals surface area contributed by atoms with E-state index < -0.39 is 0 Å². The molecule has 0 radical (unpaired) electrons. The van der Waals surface area contributed by atoms with E-state index in [-0.39, 0.29) is 11.9 Å². The molecule has 2 N–H and O–H groups in total. The van der Waals surface area contributed by atoms with Gasteiger partial charge in [0.1, 0.15) is 6.07 Å². The molecule has 4 saturated heterocycles. The Morgan fingerprint density at radius 3 is 2.31 bits per heavy atom. The van der Waals surface area contributed by atoms with E-state index in [0.29, 0.717) is 35.5 Å². The number of imide groups is 1. The number of likely N-dealkylation sites (tertiary alicyclic amines) is 1. The lowest BCUT2D eigenvalue weighted by Crippen LogP contribution is -2.49. The zero-order chi connectivity index (χ0) is 37.6. The lowest BCUT2D eigenvalue weighted by atomic mass is 9.88. The molecule has 6 heterocycles. The van der Waals surface area contributed by atoms with Gasteiger partial charge < -0.3 is 24.3 Å². The zero-order valence-corrected chi connectivity index (χ0v) is 32.3. The first-order chi connectivity index (χ1) is 26.8. The van der Waals surface area contributed by atoms with E-state index in [2.05, 4.69) is 97.3 Å². The fourth-order valence-corrected chi connectivity index (χ4v) is 10.1. The number of aromatic nitrogens is 2. The van der Waals surface area contributed by atoms with Crippen LogP contribution in [0.2, 0.25) is 5.02 Å². The molecule has 3 aromatic carbocycles. The molecule has 10 nitrogen and oxygen atoms in total. The van der Waals surface area contributed by atoms with Crippen LogP contribution in [-0.2, 0) is 4.79 Å². The number of halogens is 1. The fourth-order valence-electron chi connectivity index (χ4n) is 9.85. The van der Waals surface area contributed by atoms with Gasteiger partial charge in [-0.2, -0.15) is 5.26 Å². The number of benzene rings is 3. The van der Waals surface area contributed by atoms with Crippen molar-refractivity contribution in [2.45, 2.75) is 63.8 Å². The van der Waals surface area contributed by atoms with Crippen molar-refractivity contribution in [3.8, 4) is 6.07 Å². The van der Waals surface area contributed by atoms with Crippen molar-refractivity contribution in [3.63, 3.8) is 0 Å². The number of hydrogen-bond donors (Lipinski definition) is 2. The monoisotopic (exact) mass is 756 g/mol. The standard InChI is InChI=1S/C44H49ClN8O2/c1-29-24-37(53-23-15-40(54)48-44(53)55)25-33-12-22-52(43(29)33)36-13-16-49(17-14-36)28-30-8-18-50(19-9-30)35-4-2-31(3-5-35)32-10-20-51(21-11-32)39-7-6-38(45)41-34(26-46)27-47-42(39)41/h2-7,12,22,24-25,27,30,32,36,47H,8-11,13-21,23,28H2,1H3,(H,48,54,55). The smallest absolute Gasteiger partial charge is 0.328 e. The summed E-state index contributed by atoms with van der Waals surface area (Å²) >= 11 is 6.46. The van der Waals surface area contributed by atoms with Crippen molar-refractivity contribution < 1.29 is 9.59 Å². The molecule has 2 aromatic heterocycles. The van der Waals surface area contributed by atoms with Crippen molar-refractivity contribution in [2.75, 3.05) is 67.1 Å². The fraction of sp³-hybridized carbons (Fsp3) is 0.432. The molecule has 3 amide bonds. The number of carbonyl (C=O) groups is 2. The van der Waals surface area contributed by atoms with Crippen LogP contribution in [-0.4, -0.2) is 78.7 Å². The van der Waals surface area contributed by atoms with Gasteiger partial charge in [0.05, 0.1) is 27.3 Å². The van der Waals surface area contributed by atoms with Crippen LogP contribution in [0.3, 0.4) is 0 Å². The molecular weight excluding hydrogens is 708 g/mol. The number of fused-ring (bicyclic) bond motifs is 2. The van der Waals surface area contributed by atoms with Crippen LogP contribution in [0.5, 0.6) is 0 Å². The molecule has 0 aliphatic carbocycles. The minimum atomic E-state index is -0.335. The number of hydrogen-bond acceptors (Lipinski definition) is 6. The number of H-pyrrole nitrogens is 1. The first kappa shape index (κ1) is 35.7. The summed E-state index contributed by atoms with van der Waals surface area (Å²) in [5.74, 6) is 1.09. The highest BCUT2D eigenvalue weighted by Crippen LogP contribution is 2.38. The highest BCUT2D eigenvalue weighted by Gasteiger charge is 2.29. The number of aromatic amines is 1. The molecule has 4 aliphatic heterocycles. The first-order valence-corrected chi connectivity index (χ1v) is 20.4. The number of anilines is 3. The lowest BCUT2D eigenvalue weighted by Gasteiger charge is -2.39. The summed E-state index contributed by atoms with van der Waals surface area (Å²) in [6.45, 7) is 10.2. The van der Waals surface area contributed by atoms with Gasteiger partial charge >= 0.3 is 6.03 Å². The molecule has 11 heteroatoms. The van der Waals surface area contributed by atoms with E-state index in [0.717, 1.165) is 104 Å². The van der Waals surface area contributed by atoms with Crippen molar-refractivity contribution in [2.24, 2.45) is 5.92 Å². The van der Waals surface area contributed by atoms with Crippen LogP contribution < -0.4 is 20.0 Å². The highest BCUT2D eigenvalue weighted by atomic mass is 35.5. The van der Waals surface area contributed by atoms with Gasteiger partial charge in [-0.25, -0.2) is 4.79 Å². The molecule has 0 atom stereocenters. The van der Waals surface area contributed by atoms with Crippen molar-refractivity contribution in [3.05, 3.63) is 88.7 Å². The second-order valence-electron chi connectivity index (χ2n) is 16.1. The summed E-state index contributed by atoms with van der Waals surface area (Å²) in [5.41, 5.74) is 8.74. The maximum absolute atomic E-state index is 12.5. The molecule has 4 aliphatic rings. The quantitative estimate of drug-likeness (QED) is 0.173. The number of nitriles is 1. The third-order valence-corrected chi connectivity index (χ3v) is 13.2. The second-order valence-corrected chi connectivity index (χ2v) is 16.5. The number of nitrogens with zero attached hydrogens (tertiary/aromatic N) is 6. The average Bonchev–Trinajstić information content (AvgIpc) is 3.85. The normalized spacial score (nSPS) is 19.8. The van der Waals surface area contributed by atoms with E-state index in [4.69, 9.17) is 11.6 Å². The van der Waals surface area contributed by atoms with E-state index in [1.165, 1.54) is 36.2 Å². The topological polar surface area (TPSA) is 104 Å². The number of rotatable bonds is 7. The van der Waals surface area contributed by atoms with Crippen molar-refractivity contribution in [1.82, 2.24) is 19.8 Å². The largest absolute Gasteiger partial charge is 0.372 e. The molecule has 284 valence electrons. The Kier molecular flexibility index (Phi) is 9.69. The Bertz CT molecular complexity index is 2260. The van der Waals surface area contributed by atoms with Crippen LogP contribution in [0.1, 0.15) is 73.6 Å². The molecular formula is C44H49ClN8O2. The molecule has 0 unspecified atom stereocenters. The second kappa shape index (κ2) is 14.9. The Hall–Kier alpha value is -4.98. The summed E-state index contributed by atoms with van der Waals surface area (Å²) in [7, 11) is 0. The molecule has 0 bridgehead atoms. The SMILES string of the molecule is Cc1cc(N2CCC(=O)NC2=O)cc2ccn(C3CCN(CC4CCN(c5ccc(C6CCN(c7ccc(Cl)c8c(C#N)c[nH]c78)CC6)cc5)CC4)CC3)c12. The highest BCUT2D eigenvalue weighted by molar-refractivity contribution is 6.36. The number of piperidine rings is 3. The van der Waals surface area contributed by atoms with Gasteiger partial charge in [0.15, 0.2) is 0 Å². The number of urea groups is 1. The summed E-state index contributed by atoms with van der Waals surface area (Å²) in [5, 5.41) is 14.6.